The lowest BCUT2D eigenvalue weighted by Gasteiger charge is -2.10. The quantitative estimate of drug-likeness (QED) is 0.345. The van der Waals surface area contributed by atoms with Crippen molar-refractivity contribution in [1.29, 1.82) is 0 Å². The van der Waals surface area contributed by atoms with Crippen LogP contribution in [0.2, 0.25) is 0 Å². The summed E-state index contributed by atoms with van der Waals surface area (Å²) in [5.74, 6) is 1.35. The number of nitrogens with zero attached hydrogens (tertiary/aromatic N) is 2. The molecule has 0 aliphatic carbocycles. The minimum atomic E-state index is 0.00367. The van der Waals surface area contributed by atoms with E-state index in [4.69, 9.17) is 4.74 Å². The van der Waals surface area contributed by atoms with Crippen LogP contribution in [0.5, 0.6) is 11.5 Å². The maximum atomic E-state index is 12.2. The molecule has 1 heterocycles. The monoisotopic (exact) mass is 440 g/mol. The third kappa shape index (κ3) is 6.30. The van der Waals surface area contributed by atoms with Crippen LogP contribution in [-0.2, 0) is 4.79 Å². The number of carbonyl (C=O) groups excluding carboxylic acids is 1. The fourth-order valence-corrected chi connectivity index (χ4v) is 3.50. The number of amides is 1. The normalized spacial score (nSPS) is 11.4. The SMILES string of the molecule is CN(C)CCCC(=O)Nc1cccc(Oc2ccc3c(/C=C/c4ccccc4)n[nH]c3c2)c1. The van der Waals surface area contributed by atoms with Crippen LogP contribution >= 0.6 is 0 Å². The molecule has 0 saturated heterocycles. The van der Waals surface area contributed by atoms with Crippen molar-refractivity contribution in [2.24, 2.45) is 0 Å². The van der Waals surface area contributed by atoms with E-state index in [1.54, 1.807) is 0 Å². The van der Waals surface area contributed by atoms with Crippen LogP contribution in [0, 0.1) is 0 Å². The van der Waals surface area contributed by atoms with E-state index in [2.05, 4.69) is 32.5 Å². The van der Waals surface area contributed by atoms with E-state index < -0.39 is 0 Å². The van der Waals surface area contributed by atoms with Gasteiger partial charge in [0.05, 0.1) is 11.2 Å². The number of hydrogen-bond acceptors (Lipinski definition) is 4. The molecule has 0 aliphatic heterocycles. The lowest BCUT2D eigenvalue weighted by Crippen LogP contribution is -2.17. The summed E-state index contributed by atoms with van der Waals surface area (Å²) in [7, 11) is 4.00. The highest BCUT2D eigenvalue weighted by molar-refractivity contribution is 5.91. The Morgan fingerprint density at radius 3 is 2.64 bits per heavy atom. The first-order valence-electron chi connectivity index (χ1n) is 11.0. The summed E-state index contributed by atoms with van der Waals surface area (Å²) in [6.07, 6.45) is 5.35. The summed E-state index contributed by atoms with van der Waals surface area (Å²) in [5.41, 5.74) is 3.61. The molecule has 4 rings (SSSR count). The van der Waals surface area contributed by atoms with Gasteiger partial charge in [0, 0.05) is 29.6 Å². The summed E-state index contributed by atoms with van der Waals surface area (Å²) >= 11 is 0. The summed E-state index contributed by atoms with van der Waals surface area (Å²) in [6, 6.07) is 23.4. The predicted molar refractivity (Wildman–Crippen MR) is 134 cm³/mol. The van der Waals surface area contributed by atoms with Gasteiger partial charge < -0.3 is 15.0 Å². The number of fused-ring (bicyclic) bond motifs is 1. The summed E-state index contributed by atoms with van der Waals surface area (Å²) in [4.78, 5) is 14.2. The molecule has 0 atom stereocenters. The van der Waals surface area contributed by atoms with Crippen molar-refractivity contribution in [3.63, 3.8) is 0 Å². The fraction of sp³-hybridized carbons (Fsp3) is 0.185. The molecule has 0 fully saturated rings. The summed E-state index contributed by atoms with van der Waals surface area (Å²) < 4.78 is 6.04. The zero-order valence-electron chi connectivity index (χ0n) is 18.9. The highest BCUT2D eigenvalue weighted by Crippen LogP contribution is 2.28. The second kappa shape index (κ2) is 10.6. The van der Waals surface area contributed by atoms with Gasteiger partial charge in [0.15, 0.2) is 0 Å². The Labute approximate surface area is 193 Å². The van der Waals surface area contributed by atoms with Crippen LogP contribution < -0.4 is 10.1 Å². The van der Waals surface area contributed by atoms with E-state index in [-0.39, 0.29) is 5.91 Å². The van der Waals surface area contributed by atoms with E-state index in [0.29, 0.717) is 17.9 Å². The zero-order chi connectivity index (χ0) is 23.0. The van der Waals surface area contributed by atoms with Crippen molar-refractivity contribution in [1.82, 2.24) is 15.1 Å². The number of rotatable bonds is 9. The number of aromatic nitrogens is 2. The van der Waals surface area contributed by atoms with Crippen molar-refractivity contribution < 1.29 is 9.53 Å². The van der Waals surface area contributed by atoms with Gasteiger partial charge in [0.1, 0.15) is 11.5 Å². The molecular weight excluding hydrogens is 412 g/mol. The van der Waals surface area contributed by atoms with E-state index in [9.17, 15) is 4.79 Å². The molecule has 33 heavy (non-hydrogen) atoms. The Morgan fingerprint density at radius 1 is 1.00 bits per heavy atom. The van der Waals surface area contributed by atoms with Gasteiger partial charge in [-0.3, -0.25) is 9.89 Å². The number of anilines is 1. The minimum Gasteiger partial charge on any atom is -0.457 e. The molecule has 168 valence electrons. The molecule has 0 saturated carbocycles. The lowest BCUT2D eigenvalue weighted by atomic mass is 10.1. The van der Waals surface area contributed by atoms with Crippen LogP contribution in [0.3, 0.4) is 0 Å². The molecule has 0 spiro atoms. The first-order chi connectivity index (χ1) is 16.1. The van der Waals surface area contributed by atoms with Gasteiger partial charge >= 0.3 is 0 Å². The number of aromatic amines is 1. The molecule has 6 heteroatoms. The molecule has 0 aliphatic rings. The van der Waals surface area contributed by atoms with E-state index in [1.165, 1.54) is 0 Å². The Morgan fingerprint density at radius 2 is 1.82 bits per heavy atom. The average Bonchev–Trinajstić information content (AvgIpc) is 3.20. The van der Waals surface area contributed by atoms with Gasteiger partial charge in [-0.15, -0.1) is 0 Å². The number of carbonyl (C=O) groups is 1. The average molecular weight is 441 g/mol. The Hall–Kier alpha value is -3.90. The van der Waals surface area contributed by atoms with Crippen LogP contribution in [0.25, 0.3) is 23.1 Å². The van der Waals surface area contributed by atoms with Crippen molar-refractivity contribution in [2.75, 3.05) is 26.0 Å². The van der Waals surface area contributed by atoms with Gasteiger partial charge in [-0.05, 0) is 63.0 Å². The minimum absolute atomic E-state index is 0.00367. The molecule has 4 aromatic rings. The van der Waals surface area contributed by atoms with Crippen LogP contribution in [0.1, 0.15) is 24.1 Å². The standard InChI is InChI=1S/C27H28N4O2/c1-31(2)17-7-12-27(32)28-21-10-6-11-22(18-21)33-23-14-15-24-25(29-30-26(24)19-23)16-13-20-8-4-3-5-9-20/h3-6,8-11,13-16,18-19H,7,12,17H2,1-2H3,(H,28,32)(H,29,30)/b16-13+. The molecule has 0 unspecified atom stereocenters. The number of H-pyrrole nitrogens is 1. The summed E-state index contributed by atoms with van der Waals surface area (Å²) in [5, 5.41) is 11.5. The van der Waals surface area contributed by atoms with Gasteiger partial charge in [-0.1, -0.05) is 42.5 Å². The number of ether oxygens (including phenoxy) is 1. The highest BCUT2D eigenvalue weighted by Gasteiger charge is 2.07. The Bertz CT molecular complexity index is 1250. The van der Waals surface area contributed by atoms with Gasteiger partial charge in [-0.2, -0.15) is 5.10 Å². The Balaban J connectivity index is 1.41. The number of benzene rings is 3. The van der Waals surface area contributed by atoms with Crippen LogP contribution in [0.15, 0.2) is 72.8 Å². The van der Waals surface area contributed by atoms with E-state index >= 15 is 0 Å². The first kappa shape index (κ1) is 22.3. The molecule has 1 amide bonds. The lowest BCUT2D eigenvalue weighted by molar-refractivity contribution is -0.116. The zero-order valence-corrected chi connectivity index (χ0v) is 18.9. The van der Waals surface area contributed by atoms with E-state index in [0.717, 1.165) is 40.8 Å². The van der Waals surface area contributed by atoms with Crippen molar-refractivity contribution >= 4 is 34.6 Å². The Kier molecular flexibility index (Phi) is 7.17. The second-order valence-electron chi connectivity index (χ2n) is 8.15. The number of hydrogen-bond donors (Lipinski definition) is 2. The maximum absolute atomic E-state index is 12.2. The molecule has 2 N–H and O–H groups in total. The molecule has 0 bridgehead atoms. The van der Waals surface area contributed by atoms with E-state index in [1.807, 2.05) is 86.9 Å². The van der Waals surface area contributed by atoms with Crippen LogP contribution in [-0.4, -0.2) is 41.6 Å². The van der Waals surface area contributed by atoms with Gasteiger partial charge in [-0.25, -0.2) is 0 Å². The number of nitrogens with one attached hydrogen (secondary N) is 2. The van der Waals surface area contributed by atoms with Gasteiger partial charge in [0.25, 0.3) is 0 Å². The highest BCUT2D eigenvalue weighted by atomic mass is 16.5. The van der Waals surface area contributed by atoms with Crippen molar-refractivity contribution in [2.45, 2.75) is 12.8 Å². The maximum Gasteiger partial charge on any atom is 0.224 e. The fourth-order valence-electron chi connectivity index (χ4n) is 3.50. The third-order valence-corrected chi connectivity index (χ3v) is 5.16. The summed E-state index contributed by atoms with van der Waals surface area (Å²) in [6.45, 7) is 0.885. The topological polar surface area (TPSA) is 70.2 Å². The first-order valence-corrected chi connectivity index (χ1v) is 11.0. The molecule has 6 nitrogen and oxygen atoms in total. The second-order valence-corrected chi connectivity index (χ2v) is 8.15. The van der Waals surface area contributed by atoms with Crippen LogP contribution in [0.4, 0.5) is 5.69 Å². The molecular formula is C27H28N4O2. The smallest absolute Gasteiger partial charge is 0.224 e. The molecule has 0 radical (unpaired) electrons. The van der Waals surface area contributed by atoms with Crippen molar-refractivity contribution in [3.8, 4) is 11.5 Å². The predicted octanol–water partition coefficient (Wildman–Crippen LogP) is 5.81. The largest absolute Gasteiger partial charge is 0.457 e. The van der Waals surface area contributed by atoms with Crippen molar-refractivity contribution in [3.05, 3.63) is 84.1 Å². The molecule has 3 aromatic carbocycles. The third-order valence-electron chi connectivity index (χ3n) is 5.16. The molecule has 1 aromatic heterocycles. The van der Waals surface area contributed by atoms with Gasteiger partial charge in [0.2, 0.25) is 5.91 Å².